The highest BCUT2D eigenvalue weighted by atomic mass is 35.5. The molecule has 2 heterocycles. The average Bonchev–Trinajstić information content (AvgIpc) is 2.47. The lowest BCUT2D eigenvalue weighted by molar-refractivity contribution is 0.0800. The summed E-state index contributed by atoms with van der Waals surface area (Å²) in [6.07, 6.45) is 5.41. The van der Waals surface area contributed by atoms with E-state index in [0.29, 0.717) is 11.6 Å². The highest BCUT2D eigenvalue weighted by Crippen LogP contribution is 2.45. The minimum Gasteiger partial charge on any atom is -0.506 e. The topological polar surface area (TPSA) is 68.6 Å². The molecule has 1 atom stereocenters. The monoisotopic (exact) mass is 363 g/mol. The normalized spacial score (nSPS) is 20.1. The van der Waals surface area contributed by atoms with Gasteiger partial charge in [0.2, 0.25) is 0 Å². The molecule has 0 bridgehead atoms. The molecular formula is C16H27Cl2N3O2. The lowest BCUT2D eigenvalue weighted by Crippen LogP contribution is -2.48. The molecule has 2 aliphatic rings. The van der Waals surface area contributed by atoms with Crippen LogP contribution in [0.2, 0.25) is 0 Å². The molecule has 5 nitrogen and oxygen atoms in total. The lowest BCUT2D eigenvalue weighted by Gasteiger charge is -2.44. The maximum atomic E-state index is 10.6. The third-order valence-corrected chi connectivity index (χ3v) is 4.97. The summed E-state index contributed by atoms with van der Waals surface area (Å²) in [5.41, 5.74) is 2.34. The molecule has 132 valence electrons. The Balaban J connectivity index is 0.00000132. The number of aliphatic hydroxyl groups excluding tert-OH is 1. The van der Waals surface area contributed by atoms with E-state index in [1.807, 2.05) is 6.92 Å². The van der Waals surface area contributed by atoms with Gasteiger partial charge < -0.3 is 15.5 Å². The third kappa shape index (κ3) is 4.09. The van der Waals surface area contributed by atoms with Crippen molar-refractivity contribution >= 4 is 24.8 Å². The molecule has 0 aromatic carbocycles. The van der Waals surface area contributed by atoms with Crippen molar-refractivity contribution in [3.8, 4) is 5.75 Å². The zero-order valence-electron chi connectivity index (χ0n) is 13.5. The van der Waals surface area contributed by atoms with Crippen molar-refractivity contribution in [1.29, 1.82) is 0 Å². The minimum absolute atomic E-state index is 0. The van der Waals surface area contributed by atoms with Gasteiger partial charge in [0, 0.05) is 49.5 Å². The van der Waals surface area contributed by atoms with Crippen molar-refractivity contribution in [2.75, 3.05) is 26.2 Å². The van der Waals surface area contributed by atoms with Crippen LogP contribution in [0.1, 0.15) is 42.1 Å². The first kappa shape index (κ1) is 20.5. The number of aromatic hydroxyl groups is 1. The van der Waals surface area contributed by atoms with Crippen LogP contribution in [0.3, 0.4) is 0 Å². The first-order valence-electron chi connectivity index (χ1n) is 7.95. The van der Waals surface area contributed by atoms with Crippen LogP contribution in [0, 0.1) is 12.8 Å². The Kier molecular flexibility index (Phi) is 8.04. The predicted molar refractivity (Wildman–Crippen MR) is 95.6 cm³/mol. The van der Waals surface area contributed by atoms with Gasteiger partial charge in [-0.05, 0) is 25.7 Å². The van der Waals surface area contributed by atoms with E-state index in [1.165, 1.54) is 19.3 Å². The number of rotatable bonds is 4. The molecule has 1 aliphatic carbocycles. The second-order valence-corrected chi connectivity index (χ2v) is 6.21. The molecule has 0 radical (unpaired) electrons. The lowest BCUT2D eigenvalue weighted by atomic mass is 9.75. The molecule has 23 heavy (non-hydrogen) atoms. The molecule has 1 aromatic rings. The standard InChI is InChI=1S/C16H25N3O2.2ClH/c1-11-16(21)14(13(10-20)9-18-11)15(12-3-2-4-12)19-7-5-17-6-8-19;;/h9,12,15,17,20-21H,2-8,10H2,1H3;2*1H/t15-;;/m0../s1. The van der Waals surface area contributed by atoms with Gasteiger partial charge in [-0.2, -0.15) is 0 Å². The fourth-order valence-corrected chi connectivity index (χ4v) is 3.54. The van der Waals surface area contributed by atoms with Gasteiger partial charge in [0.1, 0.15) is 5.75 Å². The molecular weight excluding hydrogens is 337 g/mol. The van der Waals surface area contributed by atoms with Gasteiger partial charge in [-0.3, -0.25) is 9.88 Å². The van der Waals surface area contributed by atoms with Crippen LogP contribution in [-0.4, -0.2) is 46.3 Å². The fraction of sp³-hybridized carbons (Fsp3) is 0.688. The van der Waals surface area contributed by atoms with Gasteiger partial charge in [-0.25, -0.2) is 0 Å². The smallest absolute Gasteiger partial charge is 0.141 e. The molecule has 0 spiro atoms. The maximum Gasteiger partial charge on any atom is 0.141 e. The summed E-state index contributed by atoms with van der Waals surface area (Å²) in [7, 11) is 0. The van der Waals surface area contributed by atoms with E-state index in [0.717, 1.165) is 37.3 Å². The van der Waals surface area contributed by atoms with E-state index in [2.05, 4.69) is 15.2 Å². The number of aryl methyl sites for hydroxylation is 1. The largest absolute Gasteiger partial charge is 0.506 e. The zero-order chi connectivity index (χ0) is 14.8. The molecule has 1 saturated carbocycles. The van der Waals surface area contributed by atoms with Gasteiger partial charge in [0.15, 0.2) is 0 Å². The van der Waals surface area contributed by atoms with Crippen LogP contribution in [0.15, 0.2) is 6.20 Å². The summed E-state index contributed by atoms with van der Waals surface area (Å²) in [5, 5.41) is 23.6. The molecule has 1 saturated heterocycles. The Labute approximate surface area is 150 Å². The van der Waals surface area contributed by atoms with Gasteiger partial charge in [-0.1, -0.05) is 6.42 Å². The molecule has 3 N–H and O–H groups in total. The van der Waals surface area contributed by atoms with Crippen LogP contribution in [0.5, 0.6) is 5.75 Å². The fourth-order valence-electron chi connectivity index (χ4n) is 3.54. The van der Waals surface area contributed by atoms with Crippen LogP contribution < -0.4 is 5.32 Å². The Bertz CT molecular complexity index is 506. The molecule has 0 amide bonds. The quantitative estimate of drug-likeness (QED) is 0.764. The van der Waals surface area contributed by atoms with Gasteiger partial charge in [0.25, 0.3) is 0 Å². The number of aliphatic hydroxyl groups is 1. The first-order chi connectivity index (χ1) is 10.2. The highest BCUT2D eigenvalue weighted by molar-refractivity contribution is 5.85. The first-order valence-corrected chi connectivity index (χ1v) is 7.95. The predicted octanol–water partition coefficient (Wildman–Crippen LogP) is 2.18. The van der Waals surface area contributed by atoms with Gasteiger partial charge in [0.05, 0.1) is 12.3 Å². The number of aromatic nitrogens is 1. The molecule has 0 unspecified atom stereocenters. The zero-order valence-corrected chi connectivity index (χ0v) is 15.1. The minimum atomic E-state index is -0.0640. The summed E-state index contributed by atoms with van der Waals surface area (Å²) < 4.78 is 0. The number of halogens is 2. The second-order valence-electron chi connectivity index (χ2n) is 6.21. The summed E-state index contributed by atoms with van der Waals surface area (Å²) >= 11 is 0. The molecule has 2 fully saturated rings. The summed E-state index contributed by atoms with van der Waals surface area (Å²) in [6, 6.07) is 0.213. The average molecular weight is 364 g/mol. The summed E-state index contributed by atoms with van der Waals surface area (Å²) in [4.78, 5) is 6.67. The van der Waals surface area contributed by atoms with Crippen molar-refractivity contribution < 1.29 is 10.2 Å². The summed E-state index contributed by atoms with van der Waals surface area (Å²) in [6.45, 7) is 5.73. The van der Waals surface area contributed by atoms with Crippen molar-refractivity contribution in [1.82, 2.24) is 15.2 Å². The Hall–Kier alpha value is -0.590. The molecule has 1 aliphatic heterocycles. The van der Waals surface area contributed by atoms with E-state index in [9.17, 15) is 10.2 Å². The molecule has 1 aromatic heterocycles. The van der Waals surface area contributed by atoms with Crippen molar-refractivity contribution in [2.24, 2.45) is 5.92 Å². The Morgan fingerprint density at radius 1 is 1.30 bits per heavy atom. The van der Waals surface area contributed by atoms with Crippen LogP contribution in [-0.2, 0) is 6.61 Å². The SMILES string of the molecule is Cc1ncc(CO)c([C@H](C2CCC2)N2CCNCC2)c1O.Cl.Cl. The van der Waals surface area contributed by atoms with Crippen LogP contribution >= 0.6 is 24.8 Å². The highest BCUT2D eigenvalue weighted by Gasteiger charge is 2.36. The summed E-state index contributed by atoms with van der Waals surface area (Å²) in [5.74, 6) is 0.859. The second kappa shape index (κ2) is 9.04. The van der Waals surface area contributed by atoms with Crippen LogP contribution in [0.4, 0.5) is 0 Å². The third-order valence-electron chi connectivity index (χ3n) is 4.97. The maximum absolute atomic E-state index is 10.6. The number of hydrogen-bond donors (Lipinski definition) is 3. The van der Waals surface area contributed by atoms with Gasteiger partial charge in [-0.15, -0.1) is 24.8 Å². The number of piperazine rings is 1. The number of nitrogens with zero attached hydrogens (tertiary/aromatic N) is 2. The number of nitrogens with one attached hydrogen (secondary N) is 1. The molecule has 3 rings (SSSR count). The Morgan fingerprint density at radius 3 is 2.48 bits per heavy atom. The van der Waals surface area contributed by atoms with Gasteiger partial charge >= 0.3 is 0 Å². The van der Waals surface area contributed by atoms with E-state index in [1.54, 1.807) is 6.20 Å². The van der Waals surface area contributed by atoms with Crippen molar-refractivity contribution in [3.63, 3.8) is 0 Å². The van der Waals surface area contributed by atoms with E-state index in [-0.39, 0.29) is 43.2 Å². The van der Waals surface area contributed by atoms with E-state index in [4.69, 9.17) is 0 Å². The molecule has 7 heteroatoms. The van der Waals surface area contributed by atoms with Crippen molar-refractivity contribution in [3.05, 3.63) is 23.0 Å². The van der Waals surface area contributed by atoms with E-state index < -0.39 is 0 Å². The van der Waals surface area contributed by atoms with E-state index >= 15 is 0 Å². The van der Waals surface area contributed by atoms with Crippen LogP contribution in [0.25, 0.3) is 0 Å². The number of hydrogen-bond acceptors (Lipinski definition) is 5. The number of pyridine rings is 1. The Morgan fingerprint density at radius 2 is 1.96 bits per heavy atom. The van der Waals surface area contributed by atoms with Crippen molar-refractivity contribution in [2.45, 2.75) is 38.8 Å².